The van der Waals surface area contributed by atoms with E-state index < -0.39 is 12.1 Å². The third kappa shape index (κ3) is 7.85. The highest BCUT2D eigenvalue weighted by Crippen LogP contribution is 2.27. The molecule has 1 atom stereocenters. The first-order valence-electron chi connectivity index (χ1n) is 4.19. The van der Waals surface area contributed by atoms with Crippen molar-refractivity contribution < 1.29 is 13.2 Å². The fraction of sp³-hybridized carbons (Fsp3) is 1.00. The molecule has 12 heavy (non-hydrogen) atoms. The van der Waals surface area contributed by atoms with E-state index in [2.05, 4.69) is 5.32 Å². The lowest BCUT2D eigenvalue weighted by Crippen LogP contribution is -2.23. The van der Waals surface area contributed by atoms with Gasteiger partial charge in [-0.3, -0.25) is 0 Å². The van der Waals surface area contributed by atoms with Gasteiger partial charge < -0.3 is 5.32 Å². The molecule has 1 nitrogen and oxygen atoms in total. The van der Waals surface area contributed by atoms with E-state index in [0.717, 1.165) is 0 Å². The summed E-state index contributed by atoms with van der Waals surface area (Å²) in [6, 6.07) is 0. The van der Waals surface area contributed by atoms with Crippen molar-refractivity contribution in [3.63, 3.8) is 0 Å². The van der Waals surface area contributed by atoms with Crippen LogP contribution >= 0.6 is 0 Å². The molecule has 0 aromatic carbocycles. The first-order chi connectivity index (χ1) is 5.48. The van der Waals surface area contributed by atoms with Crippen LogP contribution in [0, 0.1) is 5.92 Å². The zero-order valence-electron chi connectivity index (χ0n) is 8.13. The van der Waals surface area contributed by atoms with Gasteiger partial charge in [-0.05, 0) is 20.0 Å². The average Bonchev–Trinajstić information content (AvgIpc) is 2.02. The molecule has 0 saturated heterocycles. The summed E-state index contributed by atoms with van der Waals surface area (Å²) < 4.78 is 35.2. The van der Waals surface area contributed by atoms with Gasteiger partial charge in [-0.15, -0.1) is 0 Å². The minimum atomic E-state index is -4.03. The molecule has 0 fully saturated rings. The van der Waals surface area contributed by atoms with Gasteiger partial charge in [0.25, 0.3) is 0 Å². The van der Waals surface area contributed by atoms with Gasteiger partial charge in [0.15, 0.2) is 0 Å². The number of alkyl halides is 3. The van der Waals surface area contributed by atoms with Crippen molar-refractivity contribution in [1.29, 1.82) is 0 Å². The van der Waals surface area contributed by atoms with Gasteiger partial charge >= 0.3 is 6.18 Å². The summed E-state index contributed by atoms with van der Waals surface area (Å²) >= 11 is 0. The molecular formula is C8H18F3N. The molecule has 0 spiro atoms. The van der Waals surface area contributed by atoms with Gasteiger partial charge in [-0.1, -0.05) is 20.8 Å². The average molecular weight is 185 g/mol. The minimum Gasteiger partial charge on any atom is -0.320 e. The quantitative estimate of drug-likeness (QED) is 0.713. The van der Waals surface area contributed by atoms with E-state index in [1.54, 1.807) is 7.05 Å². The Labute approximate surface area is 72.3 Å². The molecule has 1 N–H and O–H groups in total. The van der Waals surface area contributed by atoms with Crippen molar-refractivity contribution in [2.24, 2.45) is 5.92 Å². The smallest absolute Gasteiger partial charge is 0.320 e. The fourth-order valence-corrected chi connectivity index (χ4v) is 0.525. The molecule has 0 heterocycles. The lowest BCUT2D eigenvalue weighted by molar-refractivity contribution is -0.170. The molecule has 0 amide bonds. The lowest BCUT2D eigenvalue weighted by atomic mass is 10.1. The number of hydrogen-bond donors (Lipinski definition) is 1. The van der Waals surface area contributed by atoms with Gasteiger partial charge in [0.1, 0.15) is 0 Å². The standard InChI is InChI=1S/C6H12F3N.C2H6/c1-5(3-4-10-2)6(7,8)9;1-2/h5,10H,3-4H2,1-2H3;1-2H3. The maximum Gasteiger partial charge on any atom is 0.391 e. The molecule has 0 radical (unpaired) electrons. The number of hydrogen-bond acceptors (Lipinski definition) is 1. The minimum absolute atomic E-state index is 0.153. The van der Waals surface area contributed by atoms with Crippen molar-refractivity contribution in [3.05, 3.63) is 0 Å². The zero-order valence-corrected chi connectivity index (χ0v) is 8.13. The van der Waals surface area contributed by atoms with E-state index >= 15 is 0 Å². The van der Waals surface area contributed by atoms with E-state index in [0.29, 0.717) is 6.54 Å². The highest BCUT2D eigenvalue weighted by molar-refractivity contribution is 4.62. The Kier molecular flexibility index (Phi) is 8.81. The molecule has 0 aromatic rings. The van der Waals surface area contributed by atoms with Crippen LogP contribution in [0.3, 0.4) is 0 Å². The Bertz CT molecular complexity index is 90.8. The molecule has 0 bridgehead atoms. The second-order valence-corrected chi connectivity index (χ2v) is 2.33. The fourth-order valence-electron chi connectivity index (χ4n) is 0.525. The van der Waals surface area contributed by atoms with Crippen molar-refractivity contribution in [2.45, 2.75) is 33.4 Å². The Balaban J connectivity index is 0. The first-order valence-corrected chi connectivity index (χ1v) is 4.19. The normalized spacial score (nSPS) is 13.2. The summed E-state index contributed by atoms with van der Waals surface area (Å²) in [5.41, 5.74) is 0. The largest absolute Gasteiger partial charge is 0.391 e. The van der Waals surface area contributed by atoms with Crippen LogP contribution < -0.4 is 5.32 Å². The van der Waals surface area contributed by atoms with Crippen molar-refractivity contribution >= 4 is 0 Å². The second-order valence-electron chi connectivity index (χ2n) is 2.33. The summed E-state index contributed by atoms with van der Waals surface area (Å²) in [5.74, 6) is -1.19. The number of nitrogens with one attached hydrogen (secondary N) is 1. The van der Waals surface area contributed by atoms with Gasteiger partial charge in [-0.2, -0.15) is 13.2 Å². The van der Waals surface area contributed by atoms with Gasteiger partial charge in [0.05, 0.1) is 5.92 Å². The molecule has 4 heteroatoms. The summed E-state index contributed by atoms with van der Waals surface area (Å²) in [4.78, 5) is 0. The predicted molar refractivity (Wildman–Crippen MR) is 45.1 cm³/mol. The van der Waals surface area contributed by atoms with Crippen molar-refractivity contribution in [3.8, 4) is 0 Å². The third-order valence-electron chi connectivity index (χ3n) is 1.39. The Hall–Kier alpha value is -0.250. The third-order valence-corrected chi connectivity index (χ3v) is 1.39. The van der Waals surface area contributed by atoms with Crippen LogP contribution in [-0.4, -0.2) is 19.8 Å². The summed E-state index contributed by atoms with van der Waals surface area (Å²) in [6.07, 6.45) is -3.88. The summed E-state index contributed by atoms with van der Waals surface area (Å²) in [5, 5.41) is 2.67. The molecule has 1 unspecified atom stereocenters. The Morgan fingerprint density at radius 1 is 1.25 bits per heavy atom. The monoisotopic (exact) mass is 185 g/mol. The molecule has 0 aliphatic carbocycles. The van der Waals surface area contributed by atoms with Crippen LogP contribution in [0.2, 0.25) is 0 Å². The van der Waals surface area contributed by atoms with Gasteiger partial charge in [0, 0.05) is 0 Å². The topological polar surface area (TPSA) is 12.0 Å². The van der Waals surface area contributed by atoms with Gasteiger partial charge in [-0.25, -0.2) is 0 Å². The van der Waals surface area contributed by atoms with Crippen LogP contribution in [0.15, 0.2) is 0 Å². The molecule has 0 aliphatic heterocycles. The SMILES string of the molecule is CC.CNCCC(C)C(F)(F)F. The van der Waals surface area contributed by atoms with E-state index in [1.165, 1.54) is 6.92 Å². The molecular weight excluding hydrogens is 167 g/mol. The maximum absolute atomic E-state index is 11.7. The highest BCUT2D eigenvalue weighted by Gasteiger charge is 2.34. The molecule has 76 valence electrons. The lowest BCUT2D eigenvalue weighted by Gasteiger charge is -2.14. The zero-order chi connectivity index (χ0) is 10.2. The predicted octanol–water partition coefficient (Wildman–Crippen LogP) is 2.82. The maximum atomic E-state index is 11.7. The summed E-state index contributed by atoms with van der Waals surface area (Å²) in [7, 11) is 1.64. The van der Waals surface area contributed by atoms with Crippen LogP contribution in [0.4, 0.5) is 13.2 Å². The van der Waals surface area contributed by atoms with E-state index in [-0.39, 0.29) is 6.42 Å². The van der Waals surface area contributed by atoms with Crippen molar-refractivity contribution in [2.75, 3.05) is 13.6 Å². The molecule has 0 aromatic heterocycles. The van der Waals surface area contributed by atoms with E-state index in [4.69, 9.17) is 0 Å². The molecule has 0 aliphatic rings. The Morgan fingerprint density at radius 3 is 1.92 bits per heavy atom. The van der Waals surface area contributed by atoms with E-state index in [9.17, 15) is 13.2 Å². The molecule has 0 rings (SSSR count). The highest BCUT2D eigenvalue weighted by atomic mass is 19.4. The molecule has 0 saturated carbocycles. The van der Waals surface area contributed by atoms with Gasteiger partial charge in [0.2, 0.25) is 0 Å². The Morgan fingerprint density at radius 2 is 1.67 bits per heavy atom. The summed E-state index contributed by atoms with van der Waals surface area (Å²) in [6.45, 7) is 5.61. The van der Waals surface area contributed by atoms with Crippen LogP contribution in [0.25, 0.3) is 0 Å². The van der Waals surface area contributed by atoms with E-state index in [1.807, 2.05) is 13.8 Å². The number of rotatable bonds is 3. The van der Waals surface area contributed by atoms with Crippen LogP contribution in [0.1, 0.15) is 27.2 Å². The number of halogens is 3. The van der Waals surface area contributed by atoms with Crippen molar-refractivity contribution in [1.82, 2.24) is 5.32 Å². The van der Waals surface area contributed by atoms with Crippen LogP contribution in [-0.2, 0) is 0 Å². The first kappa shape index (κ1) is 14.3. The van der Waals surface area contributed by atoms with Crippen LogP contribution in [0.5, 0.6) is 0 Å². The second kappa shape index (κ2) is 7.40.